The molecule has 0 saturated carbocycles. The van der Waals surface area contributed by atoms with Crippen LogP contribution < -0.4 is 0 Å². The van der Waals surface area contributed by atoms with E-state index in [1.807, 2.05) is 0 Å². The first-order valence-corrected chi connectivity index (χ1v) is 4.32. The molecule has 2 rings (SSSR count). The number of aromatic carboxylic acids is 1. The zero-order valence-corrected chi connectivity index (χ0v) is 7.82. The fraction of sp³-hybridized carbons (Fsp3) is 0.100. The van der Waals surface area contributed by atoms with E-state index in [-0.39, 0.29) is 21.0 Å². The number of nitrogens with zero attached hydrogens (tertiary/aromatic N) is 1. The van der Waals surface area contributed by atoms with E-state index in [1.54, 1.807) is 0 Å². The van der Waals surface area contributed by atoms with Crippen LogP contribution in [0, 0.1) is 0 Å². The maximum Gasteiger partial charge on any atom is 0.488 e. The molecule has 0 fully saturated rings. The quantitative estimate of drug-likeness (QED) is 0.816. The highest BCUT2D eigenvalue weighted by Gasteiger charge is 2.31. The fourth-order valence-corrected chi connectivity index (χ4v) is 1.58. The van der Waals surface area contributed by atoms with Crippen LogP contribution >= 0.6 is 0 Å². The molecule has 1 heterocycles. The predicted molar refractivity (Wildman–Crippen MR) is 50.2 cm³/mol. The van der Waals surface area contributed by atoms with Gasteiger partial charge in [0.15, 0.2) is 0 Å². The maximum atomic E-state index is 12.5. The van der Waals surface area contributed by atoms with Crippen molar-refractivity contribution in [3.63, 3.8) is 0 Å². The summed E-state index contributed by atoms with van der Waals surface area (Å²) in [5, 5.41) is 8.88. The molecule has 3 nitrogen and oxygen atoms in total. The van der Waals surface area contributed by atoms with Gasteiger partial charge in [0.1, 0.15) is 0 Å². The molecule has 1 N–H and O–H groups in total. The molecule has 0 amide bonds. The van der Waals surface area contributed by atoms with E-state index in [9.17, 15) is 18.0 Å². The molecule has 0 radical (unpaired) electrons. The maximum absolute atomic E-state index is 12.5. The highest BCUT2D eigenvalue weighted by molar-refractivity contribution is 6.02. The van der Waals surface area contributed by atoms with E-state index in [4.69, 9.17) is 5.11 Å². The Kier molecular flexibility index (Phi) is 2.15. The number of benzene rings is 1. The summed E-state index contributed by atoms with van der Waals surface area (Å²) in [4.78, 5) is 10.8. The Morgan fingerprint density at radius 3 is 2.50 bits per heavy atom. The van der Waals surface area contributed by atoms with Gasteiger partial charge in [-0.15, -0.1) is 13.2 Å². The van der Waals surface area contributed by atoms with Crippen LogP contribution in [0.1, 0.15) is 10.4 Å². The van der Waals surface area contributed by atoms with Crippen molar-refractivity contribution >= 4 is 16.9 Å². The van der Waals surface area contributed by atoms with E-state index in [1.165, 1.54) is 18.2 Å². The molecule has 0 aliphatic heterocycles. The van der Waals surface area contributed by atoms with Crippen molar-refractivity contribution in [2.45, 2.75) is 6.30 Å². The van der Waals surface area contributed by atoms with Crippen LogP contribution in [0.2, 0.25) is 0 Å². The van der Waals surface area contributed by atoms with Crippen LogP contribution in [0.4, 0.5) is 13.2 Å². The van der Waals surface area contributed by atoms with Gasteiger partial charge in [0.25, 0.3) is 0 Å². The Balaban J connectivity index is 2.76. The van der Waals surface area contributed by atoms with Gasteiger partial charge in [0.05, 0.1) is 11.1 Å². The summed E-state index contributed by atoms with van der Waals surface area (Å²) in [6.07, 6.45) is -3.73. The van der Waals surface area contributed by atoms with Gasteiger partial charge in [-0.3, -0.25) is 4.57 Å². The SMILES string of the molecule is O=C(O)c1cccc2c1ccn2C(F)(F)F. The number of carboxylic acid groups (broad SMARTS) is 1. The smallest absolute Gasteiger partial charge is 0.478 e. The Morgan fingerprint density at radius 1 is 1.25 bits per heavy atom. The molecule has 16 heavy (non-hydrogen) atoms. The van der Waals surface area contributed by atoms with Crippen molar-refractivity contribution in [3.05, 3.63) is 36.0 Å². The van der Waals surface area contributed by atoms with Gasteiger partial charge in [-0.1, -0.05) is 6.07 Å². The van der Waals surface area contributed by atoms with Gasteiger partial charge in [-0.05, 0) is 18.2 Å². The number of halogens is 3. The van der Waals surface area contributed by atoms with Crippen LogP contribution in [-0.2, 0) is 6.30 Å². The average Bonchev–Trinajstić information content (AvgIpc) is 2.59. The molecule has 0 saturated heterocycles. The Morgan fingerprint density at radius 2 is 1.94 bits per heavy atom. The molecule has 6 heteroatoms. The second-order valence-corrected chi connectivity index (χ2v) is 3.20. The summed E-state index contributed by atoms with van der Waals surface area (Å²) in [6, 6.07) is 4.93. The normalized spacial score (nSPS) is 11.9. The molecule has 0 bridgehead atoms. The molecule has 84 valence electrons. The lowest BCUT2D eigenvalue weighted by Crippen LogP contribution is -2.15. The van der Waals surface area contributed by atoms with E-state index < -0.39 is 12.3 Å². The second kappa shape index (κ2) is 3.26. The average molecular weight is 229 g/mol. The first-order chi connectivity index (χ1) is 7.41. The molecule has 0 aliphatic carbocycles. The zero-order chi connectivity index (χ0) is 11.9. The fourth-order valence-electron chi connectivity index (χ4n) is 1.58. The van der Waals surface area contributed by atoms with Crippen molar-refractivity contribution in [1.29, 1.82) is 0 Å². The summed E-state index contributed by atoms with van der Waals surface area (Å²) in [7, 11) is 0. The topological polar surface area (TPSA) is 42.2 Å². The van der Waals surface area contributed by atoms with Crippen LogP contribution in [0.15, 0.2) is 30.5 Å². The van der Waals surface area contributed by atoms with E-state index in [0.29, 0.717) is 0 Å². The van der Waals surface area contributed by atoms with Gasteiger partial charge >= 0.3 is 12.3 Å². The molecule has 0 atom stereocenters. The van der Waals surface area contributed by atoms with Gasteiger partial charge in [-0.25, -0.2) is 4.79 Å². The lowest BCUT2D eigenvalue weighted by atomic mass is 10.1. The lowest BCUT2D eigenvalue weighted by molar-refractivity contribution is -0.200. The van der Waals surface area contributed by atoms with E-state index in [2.05, 4.69) is 0 Å². The standard InChI is InChI=1S/C10H6F3NO2/c11-10(12,13)14-5-4-6-7(9(15)16)2-1-3-8(6)14/h1-5H,(H,15,16). The van der Waals surface area contributed by atoms with E-state index >= 15 is 0 Å². The Labute approximate surface area is 87.7 Å². The highest BCUT2D eigenvalue weighted by atomic mass is 19.4. The first kappa shape index (κ1) is 10.5. The number of carbonyl (C=O) groups is 1. The lowest BCUT2D eigenvalue weighted by Gasteiger charge is -2.09. The summed E-state index contributed by atoms with van der Waals surface area (Å²) in [6.45, 7) is 0. The monoisotopic (exact) mass is 229 g/mol. The molecular formula is C10H6F3NO2. The van der Waals surface area contributed by atoms with Crippen molar-refractivity contribution in [1.82, 2.24) is 4.57 Å². The third-order valence-electron chi connectivity index (χ3n) is 2.24. The van der Waals surface area contributed by atoms with Crippen molar-refractivity contribution in [2.75, 3.05) is 0 Å². The van der Waals surface area contributed by atoms with Gasteiger partial charge < -0.3 is 5.11 Å². The summed E-state index contributed by atoms with van der Waals surface area (Å²) < 4.78 is 37.6. The largest absolute Gasteiger partial charge is 0.488 e. The number of carboxylic acids is 1. The Hall–Kier alpha value is -1.98. The molecular weight excluding hydrogens is 223 g/mol. The minimum absolute atomic E-state index is 0.0762. The Bertz CT molecular complexity index is 557. The summed E-state index contributed by atoms with van der Waals surface area (Å²) >= 11 is 0. The van der Waals surface area contributed by atoms with Gasteiger partial charge in [0.2, 0.25) is 0 Å². The van der Waals surface area contributed by atoms with Crippen LogP contribution in [-0.4, -0.2) is 15.6 Å². The zero-order valence-electron chi connectivity index (χ0n) is 7.82. The summed E-state index contributed by atoms with van der Waals surface area (Å²) in [5.41, 5.74) is -0.298. The molecule has 0 spiro atoms. The third-order valence-corrected chi connectivity index (χ3v) is 2.24. The molecule has 1 aromatic heterocycles. The minimum Gasteiger partial charge on any atom is -0.478 e. The predicted octanol–water partition coefficient (Wildman–Crippen LogP) is 2.82. The van der Waals surface area contributed by atoms with Crippen LogP contribution in [0.25, 0.3) is 10.9 Å². The molecule has 2 aromatic rings. The second-order valence-electron chi connectivity index (χ2n) is 3.20. The third kappa shape index (κ3) is 1.52. The minimum atomic E-state index is -4.54. The number of aromatic nitrogens is 1. The van der Waals surface area contributed by atoms with Crippen molar-refractivity contribution in [3.8, 4) is 0 Å². The van der Waals surface area contributed by atoms with Gasteiger partial charge in [-0.2, -0.15) is 0 Å². The van der Waals surface area contributed by atoms with Crippen molar-refractivity contribution < 1.29 is 23.1 Å². The number of hydrogen-bond acceptors (Lipinski definition) is 1. The number of fused-ring (bicyclic) bond motifs is 1. The number of rotatable bonds is 1. The van der Waals surface area contributed by atoms with Gasteiger partial charge in [0, 0.05) is 11.6 Å². The van der Waals surface area contributed by atoms with Crippen LogP contribution in [0.5, 0.6) is 0 Å². The van der Waals surface area contributed by atoms with Crippen molar-refractivity contribution in [2.24, 2.45) is 0 Å². The first-order valence-electron chi connectivity index (χ1n) is 4.32. The highest BCUT2D eigenvalue weighted by Crippen LogP contribution is 2.29. The molecule has 0 aliphatic rings. The molecule has 1 aromatic carbocycles. The van der Waals surface area contributed by atoms with E-state index in [0.717, 1.165) is 12.3 Å². The summed E-state index contributed by atoms with van der Waals surface area (Å²) in [5.74, 6) is -1.24. The van der Waals surface area contributed by atoms with Crippen LogP contribution in [0.3, 0.4) is 0 Å². The molecule has 0 unspecified atom stereocenters. The number of alkyl halides is 3. The number of hydrogen-bond donors (Lipinski definition) is 1.